The molecule has 0 atom stereocenters. The number of rotatable bonds is 6. The Labute approximate surface area is 205 Å². The van der Waals surface area contributed by atoms with Crippen LogP contribution in [0.15, 0.2) is 68.9 Å². The molecule has 36 heavy (non-hydrogen) atoms. The Bertz CT molecular complexity index is 1530. The first kappa shape index (κ1) is 23.2. The lowest BCUT2D eigenvalue weighted by atomic mass is 9.88. The fourth-order valence-electron chi connectivity index (χ4n) is 4.59. The van der Waals surface area contributed by atoms with E-state index in [4.69, 9.17) is 9.40 Å². The van der Waals surface area contributed by atoms with Gasteiger partial charge in [-0.25, -0.2) is 14.6 Å². The molecule has 0 saturated heterocycles. The molecule has 0 aliphatic heterocycles. The van der Waals surface area contributed by atoms with E-state index >= 15 is 0 Å². The summed E-state index contributed by atoms with van der Waals surface area (Å²) in [6.45, 7) is 0. The summed E-state index contributed by atoms with van der Waals surface area (Å²) in [6.07, 6.45) is 6.61. The monoisotopic (exact) mass is 485 g/mol. The summed E-state index contributed by atoms with van der Waals surface area (Å²) in [5.74, 6) is -1.14. The van der Waals surface area contributed by atoms with Crippen molar-refractivity contribution >= 4 is 29.1 Å². The van der Waals surface area contributed by atoms with Gasteiger partial charge in [0.15, 0.2) is 0 Å². The summed E-state index contributed by atoms with van der Waals surface area (Å²) in [6, 6.07) is 14.2. The van der Waals surface area contributed by atoms with E-state index in [0.717, 1.165) is 31.7 Å². The van der Waals surface area contributed by atoms with Crippen LogP contribution in [0.3, 0.4) is 0 Å². The number of aromatic carboxylic acids is 2. The van der Waals surface area contributed by atoms with Gasteiger partial charge in [-0.1, -0.05) is 31.4 Å². The fourth-order valence-corrected chi connectivity index (χ4v) is 4.59. The quantitative estimate of drug-likeness (QED) is 0.368. The van der Waals surface area contributed by atoms with Crippen molar-refractivity contribution < 1.29 is 24.2 Å². The van der Waals surface area contributed by atoms with E-state index in [1.54, 1.807) is 24.3 Å². The molecule has 9 nitrogen and oxygen atoms in total. The van der Waals surface area contributed by atoms with E-state index in [1.807, 2.05) is 12.1 Å². The minimum atomic E-state index is -1.24. The number of fused-ring (bicyclic) bond motifs is 1. The molecule has 1 aliphatic carbocycles. The van der Waals surface area contributed by atoms with Crippen molar-refractivity contribution in [3.63, 3.8) is 0 Å². The highest BCUT2D eigenvalue weighted by Crippen LogP contribution is 2.32. The van der Waals surface area contributed by atoms with Gasteiger partial charge in [0.2, 0.25) is 0 Å². The number of carboxylic acids is 2. The van der Waals surface area contributed by atoms with E-state index in [-0.39, 0.29) is 28.4 Å². The second kappa shape index (κ2) is 9.61. The lowest BCUT2D eigenvalue weighted by Gasteiger charge is -2.22. The van der Waals surface area contributed by atoms with E-state index in [2.05, 4.69) is 5.10 Å². The number of benzene rings is 2. The number of hydrogen-bond acceptors (Lipinski definition) is 6. The Morgan fingerprint density at radius 1 is 0.972 bits per heavy atom. The van der Waals surface area contributed by atoms with Crippen LogP contribution in [0.2, 0.25) is 0 Å². The minimum absolute atomic E-state index is 0.133. The third-order valence-electron chi connectivity index (χ3n) is 6.39. The van der Waals surface area contributed by atoms with E-state index in [9.17, 15) is 24.6 Å². The molecule has 1 fully saturated rings. The van der Waals surface area contributed by atoms with Gasteiger partial charge in [0.1, 0.15) is 17.3 Å². The average Bonchev–Trinajstić information content (AvgIpc) is 3.37. The summed E-state index contributed by atoms with van der Waals surface area (Å²) in [4.78, 5) is 41.0. The Hall–Kier alpha value is -4.53. The maximum atomic E-state index is 13.3. The number of aromatic nitrogens is 2. The molecule has 182 valence electrons. The average molecular weight is 485 g/mol. The molecule has 2 heterocycles. The molecule has 4 aromatic rings. The summed E-state index contributed by atoms with van der Waals surface area (Å²) in [7, 11) is 0. The maximum absolute atomic E-state index is 13.3. The van der Waals surface area contributed by atoms with Crippen LogP contribution in [-0.2, 0) is 0 Å². The van der Waals surface area contributed by atoms with Gasteiger partial charge in [-0.05, 0) is 55.3 Å². The van der Waals surface area contributed by atoms with Gasteiger partial charge in [0.25, 0.3) is 5.56 Å². The largest absolute Gasteiger partial charge is 0.478 e. The molecule has 0 spiro atoms. The Morgan fingerprint density at radius 3 is 2.36 bits per heavy atom. The third kappa shape index (κ3) is 4.55. The van der Waals surface area contributed by atoms with Crippen LogP contribution < -0.4 is 5.56 Å². The van der Waals surface area contributed by atoms with Crippen LogP contribution in [0.4, 0.5) is 0 Å². The lowest BCUT2D eigenvalue weighted by Crippen LogP contribution is -2.25. The van der Waals surface area contributed by atoms with Crippen molar-refractivity contribution in [2.24, 2.45) is 5.10 Å². The smallest absolute Gasteiger partial charge is 0.335 e. The van der Waals surface area contributed by atoms with Crippen LogP contribution in [-0.4, -0.2) is 38.0 Å². The Kier molecular flexibility index (Phi) is 6.20. The molecule has 2 aromatic heterocycles. The van der Waals surface area contributed by atoms with Gasteiger partial charge in [0, 0.05) is 11.5 Å². The van der Waals surface area contributed by atoms with Crippen LogP contribution in [0.5, 0.6) is 0 Å². The predicted molar refractivity (Wildman–Crippen MR) is 133 cm³/mol. The normalized spacial score (nSPS) is 14.4. The Balaban J connectivity index is 1.53. The Morgan fingerprint density at radius 2 is 1.67 bits per heavy atom. The molecule has 2 N–H and O–H groups in total. The van der Waals surface area contributed by atoms with Crippen molar-refractivity contribution in [3.8, 4) is 11.3 Å². The number of nitrogens with zero attached hydrogens (tertiary/aromatic N) is 3. The van der Waals surface area contributed by atoms with Gasteiger partial charge in [-0.15, -0.1) is 0 Å². The van der Waals surface area contributed by atoms with Gasteiger partial charge in [-0.2, -0.15) is 9.78 Å². The molecular weight excluding hydrogens is 462 g/mol. The SMILES string of the molecule is O=C(O)c1cc(C(=O)O)cc(-c2ccc(C=Nn3c(C4CCCCC4)nc4ccccc4c3=O)o2)c1. The van der Waals surface area contributed by atoms with Crippen molar-refractivity contribution in [2.45, 2.75) is 38.0 Å². The van der Waals surface area contributed by atoms with Crippen LogP contribution in [0.1, 0.15) is 70.3 Å². The highest BCUT2D eigenvalue weighted by Gasteiger charge is 2.22. The number of carboxylic acid groups (broad SMARTS) is 2. The first-order valence-electron chi connectivity index (χ1n) is 11.7. The standard InChI is InChI=1S/C27H23N3O6/c31-25-21-8-4-5-9-22(21)29-24(16-6-2-1-3-7-16)30(25)28-15-20-10-11-23(36-20)17-12-18(26(32)33)14-19(13-17)27(34)35/h4-5,8-16H,1-3,6-7H2,(H,32,33)(H,34,35). The lowest BCUT2D eigenvalue weighted by molar-refractivity contribution is 0.0696. The van der Waals surface area contributed by atoms with Crippen LogP contribution in [0, 0.1) is 0 Å². The van der Waals surface area contributed by atoms with Crippen LogP contribution >= 0.6 is 0 Å². The van der Waals surface area contributed by atoms with Crippen molar-refractivity contribution in [3.05, 3.63) is 87.7 Å². The minimum Gasteiger partial charge on any atom is -0.478 e. The van der Waals surface area contributed by atoms with Gasteiger partial charge in [-0.3, -0.25) is 4.79 Å². The molecule has 1 aliphatic rings. The summed E-state index contributed by atoms with van der Waals surface area (Å²) >= 11 is 0. The predicted octanol–water partition coefficient (Wildman–Crippen LogP) is 4.98. The second-order valence-electron chi connectivity index (χ2n) is 8.79. The summed E-state index contributed by atoms with van der Waals surface area (Å²) in [5.41, 5.74) is 0.357. The first-order valence-corrected chi connectivity index (χ1v) is 11.7. The number of carbonyl (C=O) groups is 2. The van der Waals surface area contributed by atoms with E-state index < -0.39 is 11.9 Å². The zero-order valence-electron chi connectivity index (χ0n) is 19.3. The summed E-state index contributed by atoms with van der Waals surface area (Å²) in [5, 5.41) is 23.6. The number of hydrogen-bond donors (Lipinski definition) is 2. The maximum Gasteiger partial charge on any atom is 0.335 e. The van der Waals surface area contributed by atoms with Crippen molar-refractivity contribution in [1.82, 2.24) is 9.66 Å². The second-order valence-corrected chi connectivity index (χ2v) is 8.79. The molecule has 9 heteroatoms. The topological polar surface area (TPSA) is 135 Å². The molecule has 0 bridgehead atoms. The fraction of sp³-hybridized carbons (Fsp3) is 0.222. The van der Waals surface area contributed by atoms with Crippen molar-refractivity contribution in [1.29, 1.82) is 0 Å². The number of para-hydroxylation sites is 1. The van der Waals surface area contributed by atoms with E-state index in [0.29, 0.717) is 28.1 Å². The van der Waals surface area contributed by atoms with Gasteiger partial charge >= 0.3 is 11.9 Å². The zero-order valence-corrected chi connectivity index (χ0v) is 19.3. The zero-order chi connectivity index (χ0) is 25.2. The highest BCUT2D eigenvalue weighted by molar-refractivity contribution is 5.96. The van der Waals surface area contributed by atoms with Gasteiger partial charge < -0.3 is 14.6 Å². The summed E-state index contributed by atoms with van der Waals surface area (Å²) < 4.78 is 7.14. The number of furan rings is 1. The third-order valence-corrected chi connectivity index (χ3v) is 6.39. The highest BCUT2D eigenvalue weighted by atomic mass is 16.4. The van der Waals surface area contributed by atoms with E-state index in [1.165, 1.54) is 29.4 Å². The van der Waals surface area contributed by atoms with Crippen molar-refractivity contribution in [2.75, 3.05) is 0 Å². The molecule has 0 unspecified atom stereocenters. The molecule has 0 amide bonds. The molecule has 1 saturated carbocycles. The van der Waals surface area contributed by atoms with Gasteiger partial charge in [0.05, 0.1) is 28.2 Å². The van der Waals surface area contributed by atoms with Crippen LogP contribution in [0.25, 0.3) is 22.2 Å². The molecule has 2 aromatic carbocycles. The molecular formula is C27H23N3O6. The first-order chi connectivity index (χ1) is 17.4. The molecule has 5 rings (SSSR count). The molecule has 0 radical (unpaired) electrons.